The SMILES string of the molecule is COCc1nn(-c2cccc(Cl)c2)c2c1CCN2. The fourth-order valence-electron chi connectivity index (χ4n) is 2.29. The van der Waals surface area contributed by atoms with E-state index >= 15 is 0 Å². The van der Waals surface area contributed by atoms with E-state index in [2.05, 4.69) is 10.4 Å². The van der Waals surface area contributed by atoms with Crippen molar-refractivity contribution < 1.29 is 4.74 Å². The zero-order valence-corrected chi connectivity index (χ0v) is 10.9. The normalized spacial score (nSPS) is 13.4. The number of nitrogens with one attached hydrogen (secondary N) is 1. The number of aromatic nitrogens is 2. The molecule has 0 amide bonds. The maximum atomic E-state index is 6.03. The third-order valence-corrected chi connectivity index (χ3v) is 3.30. The largest absolute Gasteiger partial charge is 0.378 e. The van der Waals surface area contributed by atoms with Crippen molar-refractivity contribution in [1.29, 1.82) is 0 Å². The van der Waals surface area contributed by atoms with Crippen LogP contribution in [0.2, 0.25) is 5.02 Å². The van der Waals surface area contributed by atoms with Crippen molar-refractivity contribution in [2.75, 3.05) is 19.0 Å². The molecule has 2 heterocycles. The van der Waals surface area contributed by atoms with Crippen LogP contribution in [-0.4, -0.2) is 23.4 Å². The van der Waals surface area contributed by atoms with E-state index in [1.165, 1.54) is 5.56 Å². The Bertz CT molecular complexity index is 580. The highest BCUT2D eigenvalue weighted by molar-refractivity contribution is 6.30. The molecule has 0 unspecified atom stereocenters. The molecule has 0 saturated heterocycles. The van der Waals surface area contributed by atoms with Crippen molar-refractivity contribution in [3.05, 3.63) is 40.5 Å². The van der Waals surface area contributed by atoms with Crippen molar-refractivity contribution in [1.82, 2.24) is 9.78 Å². The van der Waals surface area contributed by atoms with Gasteiger partial charge in [0.1, 0.15) is 5.82 Å². The first kappa shape index (κ1) is 11.6. The molecule has 0 fully saturated rings. The van der Waals surface area contributed by atoms with Gasteiger partial charge >= 0.3 is 0 Å². The molecule has 0 bridgehead atoms. The van der Waals surface area contributed by atoms with Crippen LogP contribution in [-0.2, 0) is 17.8 Å². The molecule has 1 N–H and O–H groups in total. The standard InChI is InChI=1S/C13H14ClN3O/c1-18-8-12-11-5-6-15-13(11)17(16-12)10-4-2-3-9(14)7-10/h2-4,7,15H,5-6,8H2,1H3. The van der Waals surface area contributed by atoms with Gasteiger partial charge in [-0.25, -0.2) is 4.68 Å². The number of hydrogen-bond donors (Lipinski definition) is 1. The van der Waals surface area contributed by atoms with Crippen LogP contribution in [0.25, 0.3) is 5.69 Å². The van der Waals surface area contributed by atoms with Gasteiger partial charge in [0.25, 0.3) is 0 Å². The van der Waals surface area contributed by atoms with E-state index in [9.17, 15) is 0 Å². The molecule has 1 aromatic carbocycles. The van der Waals surface area contributed by atoms with E-state index in [1.54, 1.807) is 7.11 Å². The lowest BCUT2D eigenvalue weighted by molar-refractivity contribution is 0.180. The lowest BCUT2D eigenvalue weighted by Crippen LogP contribution is -2.05. The topological polar surface area (TPSA) is 39.1 Å². The van der Waals surface area contributed by atoms with E-state index in [0.717, 1.165) is 30.2 Å². The Morgan fingerprint density at radius 2 is 2.39 bits per heavy atom. The lowest BCUT2D eigenvalue weighted by atomic mass is 10.2. The fraction of sp³-hybridized carbons (Fsp3) is 0.308. The molecule has 0 spiro atoms. The fourth-order valence-corrected chi connectivity index (χ4v) is 2.48. The summed E-state index contributed by atoms with van der Waals surface area (Å²) in [5.74, 6) is 1.06. The van der Waals surface area contributed by atoms with E-state index < -0.39 is 0 Å². The molecule has 0 atom stereocenters. The second-order valence-corrected chi connectivity index (χ2v) is 4.71. The summed E-state index contributed by atoms with van der Waals surface area (Å²) in [6, 6.07) is 7.69. The number of hydrogen-bond acceptors (Lipinski definition) is 3. The number of nitrogens with zero attached hydrogens (tertiary/aromatic N) is 2. The highest BCUT2D eigenvalue weighted by atomic mass is 35.5. The van der Waals surface area contributed by atoms with Crippen molar-refractivity contribution in [3.8, 4) is 5.69 Å². The zero-order chi connectivity index (χ0) is 12.5. The van der Waals surface area contributed by atoms with E-state index in [4.69, 9.17) is 16.3 Å². The lowest BCUT2D eigenvalue weighted by Gasteiger charge is -2.06. The summed E-state index contributed by atoms with van der Waals surface area (Å²) in [6.45, 7) is 1.49. The highest BCUT2D eigenvalue weighted by Crippen LogP contribution is 2.29. The molecular weight excluding hydrogens is 250 g/mol. The molecule has 2 aromatic rings. The van der Waals surface area contributed by atoms with Crippen LogP contribution in [0.1, 0.15) is 11.3 Å². The Morgan fingerprint density at radius 1 is 1.50 bits per heavy atom. The van der Waals surface area contributed by atoms with Crippen LogP contribution < -0.4 is 5.32 Å². The van der Waals surface area contributed by atoms with Gasteiger partial charge in [0, 0.05) is 24.2 Å². The number of methoxy groups -OCH3 is 1. The van der Waals surface area contributed by atoms with Crippen LogP contribution >= 0.6 is 11.6 Å². The number of benzene rings is 1. The zero-order valence-electron chi connectivity index (χ0n) is 10.1. The first-order chi connectivity index (χ1) is 8.79. The summed E-state index contributed by atoms with van der Waals surface area (Å²) in [6.07, 6.45) is 0.995. The number of rotatable bonds is 3. The molecule has 0 saturated carbocycles. The summed E-state index contributed by atoms with van der Waals surface area (Å²) in [5, 5.41) is 8.68. The summed E-state index contributed by atoms with van der Waals surface area (Å²) in [7, 11) is 1.69. The summed E-state index contributed by atoms with van der Waals surface area (Å²) >= 11 is 6.03. The van der Waals surface area contributed by atoms with E-state index in [0.29, 0.717) is 11.6 Å². The van der Waals surface area contributed by atoms with Crippen LogP contribution in [0.3, 0.4) is 0 Å². The number of fused-ring (bicyclic) bond motifs is 1. The van der Waals surface area contributed by atoms with Crippen LogP contribution in [0.15, 0.2) is 24.3 Å². The first-order valence-electron chi connectivity index (χ1n) is 5.89. The average molecular weight is 264 g/mol. The van der Waals surface area contributed by atoms with Crippen molar-refractivity contribution >= 4 is 17.4 Å². The average Bonchev–Trinajstić information content (AvgIpc) is 2.93. The Kier molecular flexibility index (Phi) is 2.97. The molecule has 1 aliphatic heterocycles. The highest BCUT2D eigenvalue weighted by Gasteiger charge is 2.22. The maximum Gasteiger partial charge on any atom is 0.133 e. The van der Waals surface area contributed by atoms with Gasteiger partial charge in [-0.3, -0.25) is 0 Å². The van der Waals surface area contributed by atoms with Crippen molar-refractivity contribution in [2.45, 2.75) is 13.0 Å². The monoisotopic (exact) mass is 263 g/mol. The maximum absolute atomic E-state index is 6.03. The number of anilines is 1. The third kappa shape index (κ3) is 1.87. The summed E-state index contributed by atoms with van der Waals surface area (Å²) in [4.78, 5) is 0. The number of ether oxygens (including phenoxy) is 1. The van der Waals surface area contributed by atoms with Gasteiger partial charge in [0.2, 0.25) is 0 Å². The Balaban J connectivity index is 2.10. The molecule has 1 aliphatic rings. The van der Waals surface area contributed by atoms with Crippen LogP contribution in [0.5, 0.6) is 0 Å². The quantitative estimate of drug-likeness (QED) is 0.925. The van der Waals surface area contributed by atoms with Crippen molar-refractivity contribution in [3.63, 3.8) is 0 Å². The molecule has 1 aromatic heterocycles. The van der Waals surface area contributed by atoms with Gasteiger partial charge in [-0.1, -0.05) is 17.7 Å². The van der Waals surface area contributed by atoms with Gasteiger partial charge < -0.3 is 10.1 Å². The van der Waals surface area contributed by atoms with Gasteiger partial charge in [0.15, 0.2) is 0 Å². The van der Waals surface area contributed by atoms with Crippen molar-refractivity contribution in [2.24, 2.45) is 0 Å². The minimum atomic E-state index is 0.539. The minimum Gasteiger partial charge on any atom is -0.378 e. The van der Waals surface area contributed by atoms with Crippen LogP contribution in [0, 0.1) is 0 Å². The second kappa shape index (κ2) is 4.63. The predicted octanol–water partition coefficient (Wildman–Crippen LogP) is 2.64. The summed E-state index contributed by atoms with van der Waals surface area (Å²) in [5.41, 5.74) is 3.21. The molecular formula is C13H14ClN3O. The summed E-state index contributed by atoms with van der Waals surface area (Å²) < 4.78 is 7.10. The smallest absolute Gasteiger partial charge is 0.133 e. The number of halogens is 1. The Morgan fingerprint density at radius 3 is 3.17 bits per heavy atom. The van der Waals surface area contributed by atoms with Gasteiger partial charge in [-0.2, -0.15) is 5.10 Å². The van der Waals surface area contributed by atoms with Gasteiger partial charge in [-0.05, 0) is 24.6 Å². The van der Waals surface area contributed by atoms with E-state index in [1.807, 2.05) is 28.9 Å². The minimum absolute atomic E-state index is 0.539. The molecule has 3 rings (SSSR count). The molecule has 18 heavy (non-hydrogen) atoms. The Labute approximate surface area is 111 Å². The van der Waals surface area contributed by atoms with Gasteiger partial charge in [0.05, 0.1) is 18.0 Å². The molecule has 5 heteroatoms. The Hall–Kier alpha value is -1.52. The van der Waals surface area contributed by atoms with Crippen LogP contribution in [0.4, 0.5) is 5.82 Å². The molecule has 0 radical (unpaired) electrons. The van der Waals surface area contributed by atoms with E-state index in [-0.39, 0.29) is 0 Å². The predicted molar refractivity (Wildman–Crippen MR) is 71.5 cm³/mol. The third-order valence-electron chi connectivity index (χ3n) is 3.07. The molecule has 4 nitrogen and oxygen atoms in total. The van der Waals surface area contributed by atoms with Gasteiger partial charge in [-0.15, -0.1) is 0 Å². The second-order valence-electron chi connectivity index (χ2n) is 4.28. The molecule has 94 valence electrons. The molecule has 0 aliphatic carbocycles. The first-order valence-corrected chi connectivity index (χ1v) is 6.27.